The predicted octanol–water partition coefficient (Wildman–Crippen LogP) is 2.23. The normalized spacial score (nSPS) is 11.5. The average Bonchev–Trinajstić information content (AvgIpc) is 2.03. The van der Waals surface area contributed by atoms with Crippen molar-refractivity contribution in [3.63, 3.8) is 0 Å². The van der Waals surface area contributed by atoms with Crippen LogP contribution in [0.15, 0.2) is 12.0 Å². The first kappa shape index (κ1) is 10.3. The van der Waals surface area contributed by atoms with Crippen LogP contribution in [0.5, 0.6) is 0 Å². The van der Waals surface area contributed by atoms with Crippen LogP contribution in [0.3, 0.4) is 0 Å². The van der Waals surface area contributed by atoms with Crippen LogP contribution >= 0.6 is 0 Å². The van der Waals surface area contributed by atoms with Crippen molar-refractivity contribution in [2.75, 3.05) is 20.2 Å². The zero-order valence-corrected chi connectivity index (χ0v) is 8.05. The van der Waals surface area contributed by atoms with E-state index in [1.807, 2.05) is 14.0 Å². The van der Waals surface area contributed by atoms with Crippen LogP contribution in [-0.2, 0) is 4.74 Å². The minimum Gasteiger partial charge on any atom is -0.480 e. The second-order valence-electron chi connectivity index (χ2n) is 2.40. The lowest BCUT2D eigenvalue weighted by Crippen LogP contribution is -2.19. The Labute approximate surface area is 69.8 Å². The number of hydrogen-bond acceptors (Lipinski definition) is 2. The van der Waals surface area contributed by atoms with Crippen LogP contribution in [0.4, 0.5) is 0 Å². The van der Waals surface area contributed by atoms with Crippen molar-refractivity contribution in [2.24, 2.45) is 0 Å². The summed E-state index contributed by atoms with van der Waals surface area (Å²) < 4.78 is 5.42. The molecule has 0 N–H and O–H groups in total. The van der Waals surface area contributed by atoms with Gasteiger partial charge >= 0.3 is 0 Å². The van der Waals surface area contributed by atoms with Gasteiger partial charge in [0.25, 0.3) is 0 Å². The maximum Gasteiger partial charge on any atom is 0.184 e. The molecule has 0 aromatic heterocycles. The van der Waals surface area contributed by atoms with Gasteiger partial charge in [-0.3, -0.25) is 0 Å². The van der Waals surface area contributed by atoms with Crippen molar-refractivity contribution in [1.82, 2.24) is 4.90 Å². The average molecular weight is 157 g/mol. The molecule has 0 amide bonds. The fourth-order valence-corrected chi connectivity index (χ4v) is 0.803. The van der Waals surface area contributed by atoms with Crippen molar-refractivity contribution in [3.8, 4) is 0 Å². The largest absolute Gasteiger partial charge is 0.480 e. The summed E-state index contributed by atoms with van der Waals surface area (Å²) in [5.74, 6) is 0.998. The summed E-state index contributed by atoms with van der Waals surface area (Å²) in [6.07, 6.45) is 3.13. The Balaban J connectivity index is 3.97. The van der Waals surface area contributed by atoms with Crippen LogP contribution in [0, 0.1) is 0 Å². The highest BCUT2D eigenvalue weighted by Gasteiger charge is 1.99. The Morgan fingerprint density at radius 3 is 2.36 bits per heavy atom. The molecule has 0 fully saturated rings. The lowest BCUT2D eigenvalue weighted by Gasteiger charge is -2.20. The van der Waals surface area contributed by atoms with E-state index >= 15 is 0 Å². The van der Waals surface area contributed by atoms with Crippen LogP contribution in [0.2, 0.25) is 0 Å². The Morgan fingerprint density at radius 2 is 2.00 bits per heavy atom. The third kappa shape index (κ3) is 3.91. The Kier molecular flexibility index (Phi) is 5.71. The molecular formula is C9H19NO. The van der Waals surface area contributed by atoms with E-state index in [9.17, 15) is 0 Å². The smallest absolute Gasteiger partial charge is 0.184 e. The van der Waals surface area contributed by atoms with Crippen LogP contribution < -0.4 is 0 Å². The van der Waals surface area contributed by atoms with Crippen molar-refractivity contribution in [2.45, 2.75) is 27.2 Å². The third-order valence-electron chi connectivity index (χ3n) is 1.52. The molecular weight excluding hydrogens is 138 g/mol. The summed E-state index contributed by atoms with van der Waals surface area (Å²) in [4.78, 5) is 2.10. The van der Waals surface area contributed by atoms with Gasteiger partial charge in [-0.1, -0.05) is 6.92 Å². The monoisotopic (exact) mass is 157 g/mol. The van der Waals surface area contributed by atoms with Gasteiger partial charge in [-0.2, -0.15) is 0 Å². The van der Waals surface area contributed by atoms with Gasteiger partial charge in [0.2, 0.25) is 0 Å². The molecule has 0 saturated heterocycles. The first-order valence-corrected chi connectivity index (χ1v) is 4.30. The molecule has 0 atom stereocenters. The van der Waals surface area contributed by atoms with Gasteiger partial charge in [0.15, 0.2) is 5.88 Å². The molecule has 0 unspecified atom stereocenters. The van der Waals surface area contributed by atoms with Crippen molar-refractivity contribution in [3.05, 3.63) is 12.0 Å². The van der Waals surface area contributed by atoms with E-state index < -0.39 is 0 Å². The summed E-state index contributed by atoms with van der Waals surface area (Å²) in [6.45, 7) is 7.97. The second-order valence-corrected chi connectivity index (χ2v) is 2.40. The van der Waals surface area contributed by atoms with Crippen molar-refractivity contribution < 1.29 is 4.74 Å². The SMILES string of the molecule is CC/C=C(\OCC)N(C)CC. The van der Waals surface area contributed by atoms with Gasteiger partial charge < -0.3 is 9.64 Å². The Hall–Kier alpha value is -0.660. The van der Waals surface area contributed by atoms with E-state index in [4.69, 9.17) is 4.74 Å². The molecule has 0 aliphatic rings. The molecule has 0 radical (unpaired) electrons. The highest BCUT2D eigenvalue weighted by molar-refractivity contribution is 4.90. The fraction of sp³-hybridized carbons (Fsp3) is 0.778. The molecule has 0 rings (SSSR count). The summed E-state index contributed by atoms with van der Waals surface area (Å²) in [5, 5.41) is 0. The van der Waals surface area contributed by atoms with Crippen LogP contribution in [0.1, 0.15) is 27.2 Å². The van der Waals surface area contributed by atoms with Crippen molar-refractivity contribution in [1.29, 1.82) is 0 Å². The van der Waals surface area contributed by atoms with E-state index in [1.54, 1.807) is 0 Å². The lowest BCUT2D eigenvalue weighted by molar-refractivity contribution is 0.139. The summed E-state index contributed by atoms with van der Waals surface area (Å²) in [7, 11) is 2.04. The minimum atomic E-state index is 0.746. The van der Waals surface area contributed by atoms with Gasteiger partial charge in [-0.25, -0.2) is 0 Å². The standard InChI is InChI=1S/C9H19NO/c1-5-8-9(11-7-3)10(4)6-2/h8H,5-7H2,1-4H3/b9-8-. The van der Waals surface area contributed by atoms with Crippen LogP contribution in [0.25, 0.3) is 0 Å². The highest BCUT2D eigenvalue weighted by atomic mass is 16.5. The quantitative estimate of drug-likeness (QED) is 0.567. The molecule has 0 aliphatic heterocycles. The zero-order valence-electron chi connectivity index (χ0n) is 8.05. The third-order valence-corrected chi connectivity index (χ3v) is 1.52. The van der Waals surface area contributed by atoms with Gasteiger partial charge in [0.1, 0.15) is 0 Å². The number of rotatable bonds is 5. The molecule has 0 aromatic carbocycles. The predicted molar refractivity (Wildman–Crippen MR) is 48.3 cm³/mol. The molecule has 0 spiro atoms. The first-order valence-electron chi connectivity index (χ1n) is 4.30. The van der Waals surface area contributed by atoms with Crippen molar-refractivity contribution >= 4 is 0 Å². The van der Waals surface area contributed by atoms with E-state index in [0.29, 0.717) is 0 Å². The molecule has 0 saturated carbocycles. The lowest BCUT2D eigenvalue weighted by atomic mass is 10.4. The van der Waals surface area contributed by atoms with E-state index in [2.05, 4.69) is 24.8 Å². The molecule has 11 heavy (non-hydrogen) atoms. The Morgan fingerprint density at radius 1 is 1.36 bits per heavy atom. The molecule has 0 heterocycles. The van der Waals surface area contributed by atoms with E-state index in [-0.39, 0.29) is 0 Å². The van der Waals surface area contributed by atoms with Gasteiger partial charge in [-0.15, -0.1) is 0 Å². The maximum absolute atomic E-state index is 5.42. The fourth-order valence-electron chi connectivity index (χ4n) is 0.803. The highest BCUT2D eigenvalue weighted by Crippen LogP contribution is 2.03. The zero-order chi connectivity index (χ0) is 8.69. The molecule has 0 aliphatic carbocycles. The second kappa shape index (κ2) is 6.08. The van der Waals surface area contributed by atoms with E-state index in [0.717, 1.165) is 25.5 Å². The summed E-state index contributed by atoms with van der Waals surface area (Å²) in [6, 6.07) is 0. The van der Waals surface area contributed by atoms with Gasteiger partial charge in [-0.05, 0) is 26.3 Å². The minimum absolute atomic E-state index is 0.746. The van der Waals surface area contributed by atoms with Gasteiger partial charge in [0, 0.05) is 13.6 Å². The molecule has 0 bridgehead atoms. The summed E-state index contributed by atoms with van der Waals surface area (Å²) in [5.41, 5.74) is 0. The first-order chi connectivity index (χ1) is 5.26. The van der Waals surface area contributed by atoms with Crippen LogP contribution in [-0.4, -0.2) is 25.1 Å². The molecule has 66 valence electrons. The summed E-state index contributed by atoms with van der Waals surface area (Å²) >= 11 is 0. The maximum atomic E-state index is 5.42. The topological polar surface area (TPSA) is 12.5 Å². The van der Waals surface area contributed by atoms with E-state index in [1.165, 1.54) is 0 Å². The molecule has 0 aromatic rings. The molecule has 2 heteroatoms. The number of allylic oxidation sites excluding steroid dienone is 1. The number of ether oxygens (including phenoxy) is 1. The van der Waals surface area contributed by atoms with Gasteiger partial charge in [0.05, 0.1) is 6.61 Å². The number of nitrogens with zero attached hydrogens (tertiary/aromatic N) is 1. The number of hydrogen-bond donors (Lipinski definition) is 0. The molecule has 2 nitrogen and oxygen atoms in total. The Bertz CT molecular complexity index is 121.